The molecule has 1 fully saturated rings. The van der Waals surface area contributed by atoms with Crippen LogP contribution >= 0.6 is 0 Å². The molecule has 1 amide bonds. The molecule has 2 aromatic rings. The standard InChI is InChI=1S/C21H22N2O7S/c1-29-20(25)15-8-9-17(21(26)30-2)18(13-15)22-19(24)14-6-5-7-16(12-14)23-10-3-4-11-31(23,27)28/h5-9,12-13H,3-4,10-11H2,1-2H3,(H,22,24). The highest BCUT2D eigenvalue weighted by atomic mass is 32.2. The number of anilines is 2. The van der Waals surface area contributed by atoms with E-state index >= 15 is 0 Å². The van der Waals surface area contributed by atoms with E-state index in [-0.39, 0.29) is 28.1 Å². The SMILES string of the molecule is COC(=O)c1ccc(C(=O)OC)c(NC(=O)c2cccc(N3CCCCS3(=O)=O)c2)c1. The minimum atomic E-state index is -3.43. The molecule has 2 aromatic carbocycles. The third-order valence-corrected chi connectivity index (χ3v) is 6.71. The molecule has 0 radical (unpaired) electrons. The van der Waals surface area contributed by atoms with E-state index in [1.54, 1.807) is 12.1 Å². The Morgan fingerprint density at radius 1 is 0.935 bits per heavy atom. The van der Waals surface area contributed by atoms with Gasteiger partial charge in [-0.25, -0.2) is 18.0 Å². The minimum absolute atomic E-state index is 0.0539. The van der Waals surface area contributed by atoms with Gasteiger partial charge < -0.3 is 14.8 Å². The molecule has 9 nitrogen and oxygen atoms in total. The molecule has 0 aromatic heterocycles. The summed E-state index contributed by atoms with van der Waals surface area (Å²) in [5.74, 6) is -1.85. The lowest BCUT2D eigenvalue weighted by atomic mass is 10.1. The van der Waals surface area contributed by atoms with Crippen molar-refractivity contribution in [2.45, 2.75) is 12.8 Å². The van der Waals surface area contributed by atoms with Crippen molar-refractivity contribution in [1.29, 1.82) is 0 Å². The van der Waals surface area contributed by atoms with Crippen molar-refractivity contribution < 1.29 is 32.3 Å². The van der Waals surface area contributed by atoms with Crippen LogP contribution in [0.2, 0.25) is 0 Å². The van der Waals surface area contributed by atoms with Gasteiger partial charge in [0.25, 0.3) is 5.91 Å². The van der Waals surface area contributed by atoms with Gasteiger partial charge in [0.2, 0.25) is 10.0 Å². The smallest absolute Gasteiger partial charge is 0.339 e. The van der Waals surface area contributed by atoms with Crippen molar-refractivity contribution in [1.82, 2.24) is 0 Å². The summed E-state index contributed by atoms with van der Waals surface area (Å²) in [6.07, 6.45) is 1.34. The number of esters is 2. The van der Waals surface area contributed by atoms with E-state index in [4.69, 9.17) is 4.74 Å². The fourth-order valence-corrected chi connectivity index (χ4v) is 4.89. The number of nitrogens with zero attached hydrogens (tertiary/aromatic N) is 1. The second-order valence-electron chi connectivity index (χ2n) is 6.84. The highest BCUT2D eigenvalue weighted by Crippen LogP contribution is 2.25. The summed E-state index contributed by atoms with van der Waals surface area (Å²) in [4.78, 5) is 36.8. The zero-order valence-corrected chi connectivity index (χ0v) is 17.9. The molecule has 3 rings (SSSR count). The van der Waals surface area contributed by atoms with Crippen LogP contribution in [0, 0.1) is 0 Å². The van der Waals surface area contributed by atoms with Gasteiger partial charge in [0.1, 0.15) is 0 Å². The Labute approximate surface area is 180 Å². The zero-order valence-electron chi connectivity index (χ0n) is 17.1. The van der Waals surface area contributed by atoms with Crippen LogP contribution in [0.25, 0.3) is 0 Å². The van der Waals surface area contributed by atoms with Crippen LogP contribution in [0.5, 0.6) is 0 Å². The molecule has 0 aliphatic carbocycles. The first kappa shape index (κ1) is 22.3. The second-order valence-corrected chi connectivity index (χ2v) is 8.86. The van der Waals surface area contributed by atoms with Gasteiger partial charge in [-0.15, -0.1) is 0 Å². The molecule has 10 heteroatoms. The van der Waals surface area contributed by atoms with Crippen molar-refractivity contribution in [2.24, 2.45) is 0 Å². The third-order valence-electron chi connectivity index (χ3n) is 4.84. The summed E-state index contributed by atoms with van der Waals surface area (Å²) in [5.41, 5.74) is 0.842. The molecule has 164 valence electrons. The molecule has 0 unspecified atom stereocenters. The number of amides is 1. The van der Waals surface area contributed by atoms with Crippen LogP contribution in [-0.2, 0) is 19.5 Å². The number of carbonyl (C=O) groups excluding carboxylic acids is 3. The minimum Gasteiger partial charge on any atom is -0.465 e. The number of nitrogens with one attached hydrogen (secondary N) is 1. The van der Waals surface area contributed by atoms with Crippen molar-refractivity contribution in [2.75, 3.05) is 36.1 Å². The van der Waals surface area contributed by atoms with Gasteiger partial charge in [-0.1, -0.05) is 6.07 Å². The summed E-state index contributed by atoms with van der Waals surface area (Å²) in [7, 11) is -1.01. The highest BCUT2D eigenvalue weighted by Gasteiger charge is 2.26. The normalized spacial score (nSPS) is 15.1. The Balaban J connectivity index is 1.92. The van der Waals surface area contributed by atoms with Crippen LogP contribution in [0.3, 0.4) is 0 Å². The first-order chi connectivity index (χ1) is 14.8. The quantitative estimate of drug-likeness (QED) is 0.701. The van der Waals surface area contributed by atoms with Crippen LogP contribution in [0.4, 0.5) is 11.4 Å². The summed E-state index contributed by atoms with van der Waals surface area (Å²) in [6, 6.07) is 10.3. The van der Waals surface area contributed by atoms with E-state index in [9.17, 15) is 22.8 Å². The maximum atomic E-state index is 12.9. The molecule has 0 saturated carbocycles. The number of rotatable bonds is 5. The Morgan fingerprint density at radius 2 is 1.68 bits per heavy atom. The second kappa shape index (κ2) is 9.17. The fraction of sp³-hybridized carbons (Fsp3) is 0.286. The largest absolute Gasteiger partial charge is 0.465 e. The molecule has 1 heterocycles. The first-order valence-corrected chi connectivity index (χ1v) is 11.1. The number of benzene rings is 2. The van der Waals surface area contributed by atoms with Gasteiger partial charge in [0, 0.05) is 12.1 Å². The van der Waals surface area contributed by atoms with Crippen LogP contribution in [0.15, 0.2) is 42.5 Å². The summed E-state index contributed by atoms with van der Waals surface area (Å²) in [5, 5.41) is 2.60. The van der Waals surface area contributed by atoms with Gasteiger partial charge >= 0.3 is 11.9 Å². The van der Waals surface area contributed by atoms with Gasteiger partial charge in [-0.05, 0) is 49.2 Å². The maximum absolute atomic E-state index is 12.9. The molecular formula is C21H22N2O7S. The number of ether oxygens (including phenoxy) is 2. The topological polar surface area (TPSA) is 119 Å². The molecule has 1 saturated heterocycles. The Hall–Kier alpha value is -3.40. The van der Waals surface area contributed by atoms with Crippen molar-refractivity contribution in [3.63, 3.8) is 0 Å². The molecule has 0 spiro atoms. The molecule has 1 aliphatic rings. The van der Waals surface area contributed by atoms with E-state index in [1.807, 2.05) is 0 Å². The predicted octanol–water partition coefficient (Wildman–Crippen LogP) is 2.44. The fourth-order valence-electron chi connectivity index (χ4n) is 3.26. The van der Waals surface area contributed by atoms with E-state index in [0.29, 0.717) is 18.7 Å². The lowest BCUT2D eigenvalue weighted by molar-refractivity contribution is 0.0587. The van der Waals surface area contributed by atoms with E-state index in [2.05, 4.69) is 10.1 Å². The van der Waals surface area contributed by atoms with Gasteiger partial charge in [0.15, 0.2) is 0 Å². The molecule has 1 N–H and O–H groups in total. The van der Waals surface area contributed by atoms with Crippen molar-refractivity contribution in [3.8, 4) is 0 Å². The van der Waals surface area contributed by atoms with Gasteiger partial charge in [-0.3, -0.25) is 9.10 Å². The molecule has 0 atom stereocenters. The average molecular weight is 446 g/mol. The van der Waals surface area contributed by atoms with Crippen LogP contribution < -0.4 is 9.62 Å². The predicted molar refractivity (Wildman–Crippen MR) is 114 cm³/mol. The summed E-state index contributed by atoms with van der Waals surface area (Å²) >= 11 is 0. The maximum Gasteiger partial charge on any atom is 0.339 e. The number of hydrogen-bond donors (Lipinski definition) is 1. The van der Waals surface area contributed by atoms with E-state index in [1.165, 1.54) is 48.9 Å². The highest BCUT2D eigenvalue weighted by molar-refractivity contribution is 7.92. The number of methoxy groups -OCH3 is 2. The Morgan fingerprint density at radius 3 is 2.35 bits per heavy atom. The summed E-state index contributed by atoms with van der Waals surface area (Å²) in [6.45, 7) is 0.348. The van der Waals surface area contributed by atoms with Crippen molar-refractivity contribution in [3.05, 3.63) is 59.2 Å². The van der Waals surface area contributed by atoms with E-state index in [0.717, 1.165) is 6.42 Å². The number of hydrogen-bond acceptors (Lipinski definition) is 7. The third kappa shape index (κ3) is 4.85. The number of sulfonamides is 1. The lowest BCUT2D eigenvalue weighted by Crippen LogP contribution is -2.37. The van der Waals surface area contributed by atoms with Crippen molar-refractivity contribution >= 4 is 39.2 Å². The van der Waals surface area contributed by atoms with E-state index < -0.39 is 27.9 Å². The molecule has 1 aliphatic heterocycles. The first-order valence-electron chi connectivity index (χ1n) is 9.49. The number of carbonyl (C=O) groups is 3. The Bertz CT molecular complexity index is 1130. The van der Waals surface area contributed by atoms with Gasteiger partial charge in [0.05, 0.1) is 42.5 Å². The monoisotopic (exact) mass is 446 g/mol. The molecule has 0 bridgehead atoms. The molecular weight excluding hydrogens is 424 g/mol. The lowest BCUT2D eigenvalue weighted by Gasteiger charge is -2.28. The average Bonchev–Trinajstić information content (AvgIpc) is 2.77. The van der Waals surface area contributed by atoms with Crippen LogP contribution in [0.1, 0.15) is 43.9 Å². The zero-order chi connectivity index (χ0) is 22.6. The Kier molecular flexibility index (Phi) is 6.59. The van der Waals surface area contributed by atoms with Crippen LogP contribution in [-0.4, -0.2) is 52.8 Å². The van der Waals surface area contributed by atoms with Gasteiger partial charge in [-0.2, -0.15) is 0 Å². The summed E-state index contributed by atoms with van der Waals surface area (Å²) < 4.78 is 35.4. The molecule has 31 heavy (non-hydrogen) atoms.